The molecule has 1 rings (SSSR count). The number of hydrogen-bond donors (Lipinski definition) is 0. The molecule has 0 saturated heterocycles. The van der Waals surface area contributed by atoms with Crippen molar-refractivity contribution in [2.45, 2.75) is 32.4 Å². The Morgan fingerprint density at radius 3 is 2.67 bits per heavy atom. The van der Waals surface area contributed by atoms with Gasteiger partial charge in [0.15, 0.2) is 5.82 Å². The van der Waals surface area contributed by atoms with Gasteiger partial charge in [-0.1, -0.05) is 31.2 Å². The van der Waals surface area contributed by atoms with E-state index >= 15 is 0 Å². The summed E-state index contributed by atoms with van der Waals surface area (Å²) >= 11 is 5.62. The topological polar surface area (TPSA) is 67.2 Å². The van der Waals surface area contributed by atoms with E-state index in [1.54, 1.807) is 0 Å². The van der Waals surface area contributed by atoms with E-state index in [1.165, 1.54) is 10.8 Å². The molecule has 0 aliphatic carbocycles. The van der Waals surface area contributed by atoms with E-state index in [9.17, 15) is 9.90 Å². The standard InChI is InChI=1S/C10H17ClN2O3Si.K/c1-17(2,3)5-4-16-7-13-6-8(11)12-9(13)10(14)15;/h6H,4-5,7H2,1-3H3,(H,14,15);/q;+1/p-1. The van der Waals surface area contributed by atoms with Crippen LogP contribution in [-0.2, 0) is 11.5 Å². The molecule has 18 heavy (non-hydrogen) atoms. The van der Waals surface area contributed by atoms with Gasteiger partial charge in [0, 0.05) is 20.9 Å². The number of carbonyl (C=O) groups is 1. The molecule has 1 aromatic rings. The van der Waals surface area contributed by atoms with Crippen molar-refractivity contribution in [2.75, 3.05) is 6.61 Å². The van der Waals surface area contributed by atoms with Crippen molar-refractivity contribution in [1.29, 1.82) is 0 Å². The summed E-state index contributed by atoms with van der Waals surface area (Å²) in [4.78, 5) is 14.4. The largest absolute Gasteiger partial charge is 1.00 e. The van der Waals surface area contributed by atoms with Gasteiger partial charge in [-0.05, 0) is 6.04 Å². The summed E-state index contributed by atoms with van der Waals surface area (Å²) in [6, 6.07) is 1.02. The number of carbonyl (C=O) groups excluding carboxylic acids is 1. The molecule has 5 nitrogen and oxygen atoms in total. The predicted octanol–water partition coefficient (Wildman–Crippen LogP) is -1.78. The number of hydrogen-bond acceptors (Lipinski definition) is 4. The van der Waals surface area contributed by atoms with E-state index in [2.05, 4.69) is 24.6 Å². The molecule has 1 aromatic heterocycles. The van der Waals surface area contributed by atoms with Crippen LogP contribution in [0.25, 0.3) is 0 Å². The minimum atomic E-state index is -1.36. The van der Waals surface area contributed by atoms with Gasteiger partial charge in [-0.25, -0.2) is 4.98 Å². The molecule has 1 heterocycles. The maximum Gasteiger partial charge on any atom is 1.00 e. The molecule has 0 N–H and O–H groups in total. The van der Waals surface area contributed by atoms with Gasteiger partial charge in [0.05, 0.1) is 0 Å². The van der Waals surface area contributed by atoms with E-state index in [0.29, 0.717) is 6.61 Å². The molecule has 0 saturated carbocycles. The van der Waals surface area contributed by atoms with Crippen molar-refractivity contribution in [1.82, 2.24) is 9.55 Å². The molecule has 0 amide bonds. The number of halogens is 1. The molecule has 0 aliphatic rings. The summed E-state index contributed by atoms with van der Waals surface area (Å²) < 4.78 is 6.74. The number of imidazole rings is 1. The van der Waals surface area contributed by atoms with Gasteiger partial charge in [0.2, 0.25) is 0 Å². The van der Waals surface area contributed by atoms with Crippen LogP contribution in [-0.4, -0.2) is 30.2 Å². The molecule has 96 valence electrons. The van der Waals surface area contributed by atoms with E-state index in [4.69, 9.17) is 16.3 Å². The molecule has 0 radical (unpaired) electrons. The van der Waals surface area contributed by atoms with E-state index in [1.807, 2.05) is 0 Å². The summed E-state index contributed by atoms with van der Waals surface area (Å²) in [6.07, 6.45) is 1.42. The number of carboxylic acids is 1. The van der Waals surface area contributed by atoms with Gasteiger partial charge in [0.1, 0.15) is 17.9 Å². The van der Waals surface area contributed by atoms with Gasteiger partial charge in [0.25, 0.3) is 0 Å². The first-order chi connectivity index (χ1) is 7.79. The van der Waals surface area contributed by atoms with E-state index < -0.39 is 14.0 Å². The molecule has 0 aromatic carbocycles. The minimum Gasteiger partial charge on any atom is -0.542 e. The molecule has 0 bridgehead atoms. The van der Waals surface area contributed by atoms with E-state index in [0.717, 1.165) is 6.04 Å². The average molecular weight is 315 g/mol. The SMILES string of the molecule is C[Si](C)(C)CCOCn1cc(Cl)nc1C(=O)[O-].[K+]. The van der Waals surface area contributed by atoms with Crippen LogP contribution in [0.2, 0.25) is 30.8 Å². The monoisotopic (exact) mass is 314 g/mol. The quantitative estimate of drug-likeness (QED) is 0.460. The fourth-order valence-electron chi connectivity index (χ4n) is 1.19. The number of rotatable bonds is 6. The fourth-order valence-corrected chi connectivity index (χ4v) is 2.14. The van der Waals surface area contributed by atoms with E-state index in [-0.39, 0.29) is 69.1 Å². The van der Waals surface area contributed by atoms with Gasteiger partial charge in [-0.3, -0.25) is 0 Å². The van der Waals surface area contributed by atoms with Crippen molar-refractivity contribution in [2.24, 2.45) is 0 Å². The fraction of sp³-hybridized carbons (Fsp3) is 0.600. The zero-order valence-corrected chi connectivity index (χ0v) is 16.1. The Hall–Kier alpha value is 0.783. The number of nitrogens with zero attached hydrogens (tertiary/aromatic N) is 2. The Morgan fingerprint density at radius 2 is 2.17 bits per heavy atom. The first-order valence-electron chi connectivity index (χ1n) is 5.31. The third-order valence-electron chi connectivity index (χ3n) is 2.16. The Balaban J connectivity index is 0.00000289. The van der Waals surface area contributed by atoms with Crippen LogP contribution in [0.1, 0.15) is 10.6 Å². The second kappa shape index (κ2) is 8.16. The zero-order chi connectivity index (χ0) is 13.1. The molecule has 0 unspecified atom stereocenters. The molecular formula is C10H16ClKN2O3Si. The Labute approximate surface area is 155 Å². The van der Waals surface area contributed by atoms with Gasteiger partial charge in [-0.15, -0.1) is 0 Å². The second-order valence-electron chi connectivity index (χ2n) is 4.99. The molecular weight excluding hydrogens is 299 g/mol. The molecule has 0 aliphatic heterocycles. The predicted molar refractivity (Wildman–Crippen MR) is 65.7 cm³/mol. The van der Waals surface area contributed by atoms with Crippen molar-refractivity contribution < 1.29 is 66.0 Å². The summed E-state index contributed by atoms with van der Waals surface area (Å²) in [5.41, 5.74) is 0. The molecule has 0 spiro atoms. The van der Waals surface area contributed by atoms with Crippen LogP contribution in [0.4, 0.5) is 0 Å². The third kappa shape index (κ3) is 6.81. The van der Waals surface area contributed by atoms with Crippen LogP contribution in [0.5, 0.6) is 0 Å². The van der Waals surface area contributed by atoms with Crippen molar-refractivity contribution in [3.8, 4) is 0 Å². The number of carboxylic acid groups (broad SMARTS) is 1. The Bertz CT molecular complexity index is 406. The molecule has 8 heteroatoms. The maximum atomic E-state index is 10.7. The third-order valence-corrected chi connectivity index (χ3v) is 4.04. The van der Waals surface area contributed by atoms with Crippen LogP contribution >= 0.6 is 11.6 Å². The maximum absolute atomic E-state index is 10.7. The summed E-state index contributed by atoms with van der Waals surface area (Å²) in [5, 5.41) is 10.8. The van der Waals surface area contributed by atoms with Crippen LogP contribution in [0.3, 0.4) is 0 Å². The second-order valence-corrected chi connectivity index (χ2v) is 11.0. The van der Waals surface area contributed by atoms with Crippen LogP contribution < -0.4 is 56.5 Å². The number of ether oxygens (including phenoxy) is 1. The van der Waals surface area contributed by atoms with Gasteiger partial charge < -0.3 is 19.2 Å². The van der Waals surface area contributed by atoms with Crippen molar-refractivity contribution in [3.05, 3.63) is 17.2 Å². The first-order valence-corrected chi connectivity index (χ1v) is 9.40. The van der Waals surface area contributed by atoms with Crippen molar-refractivity contribution in [3.63, 3.8) is 0 Å². The summed E-state index contributed by atoms with van der Waals surface area (Å²) in [7, 11) is -1.13. The molecule has 0 atom stereocenters. The Morgan fingerprint density at radius 1 is 1.56 bits per heavy atom. The van der Waals surface area contributed by atoms with Gasteiger partial charge >= 0.3 is 51.4 Å². The van der Waals surface area contributed by atoms with Crippen LogP contribution in [0.15, 0.2) is 6.20 Å². The summed E-state index contributed by atoms with van der Waals surface area (Å²) in [6.45, 7) is 7.48. The minimum absolute atomic E-state index is 0. The Kier molecular flexibility index (Phi) is 8.51. The first kappa shape index (κ1) is 18.8. The molecule has 0 fully saturated rings. The summed E-state index contributed by atoms with van der Waals surface area (Å²) in [5.74, 6) is -1.56. The normalized spacial score (nSPS) is 11.1. The number of aromatic carboxylic acids is 1. The average Bonchev–Trinajstić information content (AvgIpc) is 2.53. The smallest absolute Gasteiger partial charge is 0.542 e. The van der Waals surface area contributed by atoms with Crippen LogP contribution in [0, 0.1) is 0 Å². The van der Waals surface area contributed by atoms with Gasteiger partial charge in [-0.2, -0.15) is 0 Å². The zero-order valence-electron chi connectivity index (χ0n) is 11.2. The number of aromatic nitrogens is 2. The van der Waals surface area contributed by atoms with Crippen molar-refractivity contribution >= 4 is 25.6 Å².